The summed E-state index contributed by atoms with van der Waals surface area (Å²) in [5, 5.41) is 8.37. The van der Waals surface area contributed by atoms with E-state index >= 15 is 0 Å². The minimum atomic E-state index is -4.13. The molecule has 0 unspecified atom stereocenters. The van der Waals surface area contributed by atoms with Crippen LogP contribution in [0, 0.1) is 13.8 Å². The van der Waals surface area contributed by atoms with Gasteiger partial charge in [-0.1, -0.05) is 47.5 Å². The number of amides is 2. The summed E-state index contributed by atoms with van der Waals surface area (Å²) in [4.78, 5) is 50.8. The minimum Gasteiger partial charge on any atom is -0.461 e. The molecule has 0 spiro atoms. The third-order valence-electron chi connectivity index (χ3n) is 10.4. The second-order valence-electron chi connectivity index (χ2n) is 15.0. The molecule has 0 aliphatic heterocycles. The van der Waals surface area contributed by atoms with Crippen molar-refractivity contribution >= 4 is 88.4 Å². The molecule has 14 nitrogen and oxygen atoms in total. The molecule has 18 heteroatoms. The number of hydrogen-bond donors (Lipinski definition) is 2. The van der Waals surface area contributed by atoms with Crippen LogP contribution in [0.1, 0.15) is 69.2 Å². The van der Waals surface area contributed by atoms with Crippen molar-refractivity contribution in [3.05, 3.63) is 129 Å². The summed E-state index contributed by atoms with van der Waals surface area (Å²) in [6.45, 7) is 6.29. The Morgan fingerprint density at radius 2 is 0.919 bits per heavy atom. The Bertz CT molecular complexity index is 2760. The van der Waals surface area contributed by atoms with Crippen LogP contribution in [0.15, 0.2) is 94.7 Å². The Kier molecular flexibility index (Phi) is 13.6. The lowest BCUT2D eigenvalue weighted by Crippen LogP contribution is -2.28. The first kappa shape index (κ1) is 45.8. The first-order valence-electron chi connectivity index (χ1n) is 19.2. The van der Waals surface area contributed by atoms with Crippen LogP contribution in [-0.2, 0) is 52.8 Å². The number of rotatable bonds is 15. The Morgan fingerprint density at radius 3 is 1.26 bits per heavy atom. The quantitative estimate of drug-likeness (QED) is 0.0809. The lowest BCUT2D eigenvalue weighted by Gasteiger charge is -2.15. The van der Waals surface area contributed by atoms with Crippen molar-refractivity contribution < 1.29 is 45.5 Å². The van der Waals surface area contributed by atoms with E-state index < -0.39 is 68.4 Å². The Labute approximate surface area is 368 Å². The van der Waals surface area contributed by atoms with Gasteiger partial charge < -0.3 is 29.2 Å². The zero-order valence-electron chi connectivity index (χ0n) is 34.6. The minimum absolute atomic E-state index is 0.152. The number of benzene rings is 4. The number of ether oxygens (including phenoxy) is 2. The average molecular weight is 924 g/mol. The lowest BCUT2D eigenvalue weighted by atomic mass is 10.1. The van der Waals surface area contributed by atoms with Gasteiger partial charge in [0.15, 0.2) is 31.2 Å². The predicted molar refractivity (Wildman–Crippen MR) is 236 cm³/mol. The first-order chi connectivity index (χ1) is 29.1. The fraction of sp³-hybridized carbons (Fsp3) is 0.273. The van der Waals surface area contributed by atoms with E-state index in [-0.39, 0.29) is 21.6 Å². The monoisotopic (exact) mass is 922 g/mol. The van der Waals surface area contributed by atoms with Crippen molar-refractivity contribution in [3.8, 4) is 0 Å². The molecular formula is C44H44Cl2N4O10S2. The maximum absolute atomic E-state index is 13.2. The number of carbonyl (C=O) groups is 4. The van der Waals surface area contributed by atoms with Crippen LogP contribution in [0.2, 0.25) is 10.0 Å². The van der Waals surface area contributed by atoms with E-state index in [2.05, 4.69) is 10.6 Å². The van der Waals surface area contributed by atoms with Gasteiger partial charge in [0.1, 0.15) is 24.6 Å². The topological polar surface area (TPSA) is 189 Å². The van der Waals surface area contributed by atoms with Crippen LogP contribution in [-0.4, -0.2) is 74.4 Å². The van der Waals surface area contributed by atoms with E-state index in [1.165, 1.54) is 48.5 Å². The summed E-state index contributed by atoms with van der Waals surface area (Å²) in [7, 11) is -4.73. The maximum atomic E-state index is 13.2. The smallest absolute Gasteiger partial charge is 0.321 e. The molecule has 0 aliphatic rings. The molecule has 62 heavy (non-hydrogen) atoms. The molecule has 2 aromatic heterocycles. The summed E-state index contributed by atoms with van der Waals surface area (Å²) >= 11 is 12.8. The molecule has 6 rings (SSSR count). The van der Waals surface area contributed by atoms with Crippen LogP contribution in [0.4, 0.5) is 0 Å². The highest BCUT2D eigenvalue weighted by Crippen LogP contribution is 2.30. The van der Waals surface area contributed by atoms with Crippen LogP contribution in [0.3, 0.4) is 0 Å². The number of sulfone groups is 2. The lowest BCUT2D eigenvalue weighted by molar-refractivity contribution is -0.149. The summed E-state index contributed by atoms with van der Waals surface area (Å²) in [5.74, 6) is -4.91. The second kappa shape index (κ2) is 18.3. The number of hydrogen-bond acceptors (Lipinski definition) is 10. The number of nitrogens with zero attached hydrogens (tertiary/aromatic N) is 2. The van der Waals surface area contributed by atoms with Gasteiger partial charge in [-0.3, -0.25) is 19.2 Å². The van der Waals surface area contributed by atoms with Gasteiger partial charge in [0, 0.05) is 24.9 Å². The first-order valence-corrected chi connectivity index (χ1v) is 23.3. The molecule has 2 amide bonds. The van der Waals surface area contributed by atoms with Crippen molar-refractivity contribution in [1.29, 1.82) is 0 Å². The van der Waals surface area contributed by atoms with E-state index in [9.17, 15) is 36.0 Å². The van der Waals surface area contributed by atoms with Crippen molar-refractivity contribution in [2.24, 2.45) is 14.1 Å². The highest BCUT2D eigenvalue weighted by atomic mass is 35.5. The van der Waals surface area contributed by atoms with E-state index in [1.54, 1.807) is 49.2 Å². The molecule has 0 radical (unpaired) electrons. The highest BCUT2D eigenvalue weighted by molar-refractivity contribution is 7.92. The highest BCUT2D eigenvalue weighted by Gasteiger charge is 2.25. The van der Waals surface area contributed by atoms with E-state index in [4.69, 9.17) is 32.7 Å². The predicted octanol–water partition coefficient (Wildman–Crippen LogP) is 6.91. The Morgan fingerprint density at radius 1 is 0.581 bits per heavy atom. The van der Waals surface area contributed by atoms with E-state index in [1.807, 2.05) is 38.1 Å². The van der Waals surface area contributed by atoms with Crippen LogP contribution < -0.4 is 10.6 Å². The zero-order chi connectivity index (χ0) is 45.3. The number of carbonyl (C=O) groups excluding carboxylic acids is 4. The van der Waals surface area contributed by atoms with Gasteiger partial charge in [0.25, 0.3) is 11.8 Å². The molecule has 2 heterocycles. The molecule has 326 valence electrons. The molecule has 4 aromatic carbocycles. The average Bonchev–Trinajstić information content (AvgIpc) is 3.72. The molecule has 0 bridgehead atoms. The van der Waals surface area contributed by atoms with Gasteiger partial charge in [0.2, 0.25) is 0 Å². The van der Waals surface area contributed by atoms with Crippen molar-refractivity contribution in [2.45, 2.75) is 49.6 Å². The molecule has 0 aliphatic carbocycles. The zero-order valence-corrected chi connectivity index (χ0v) is 37.8. The van der Waals surface area contributed by atoms with Gasteiger partial charge in [-0.15, -0.1) is 0 Å². The summed E-state index contributed by atoms with van der Waals surface area (Å²) in [5.41, 5.74) is 5.55. The Balaban J connectivity index is 0.937. The van der Waals surface area contributed by atoms with Crippen molar-refractivity contribution in [1.82, 2.24) is 19.8 Å². The number of esters is 2. The fourth-order valence-electron chi connectivity index (χ4n) is 6.98. The molecule has 2 atom stereocenters. The molecule has 0 fully saturated rings. The third-order valence-corrected chi connectivity index (χ3v) is 14.2. The summed E-state index contributed by atoms with van der Waals surface area (Å²) < 4.78 is 65.2. The molecule has 0 saturated carbocycles. The second-order valence-corrected chi connectivity index (χ2v) is 19.8. The largest absolute Gasteiger partial charge is 0.461 e. The van der Waals surface area contributed by atoms with Gasteiger partial charge in [0.05, 0.1) is 43.0 Å². The van der Waals surface area contributed by atoms with E-state index in [0.29, 0.717) is 32.6 Å². The van der Waals surface area contributed by atoms with Gasteiger partial charge in [-0.25, -0.2) is 16.8 Å². The number of aryl methyl sites for hydroxylation is 4. The van der Waals surface area contributed by atoms with Crippen LogP contribution in [0.25, 0.3) is 21.8 Å². The van der Waals surface area contributed by atoms with Gasteiger partial charge in [-0.2, -0.15) is 0 Å². The van der Waals surface area contributed by atoms with Crippen LogP contribution >= 0.6 is 23.2 Å². The van der Waals surface area contributed by atoms with E-state index in [0.717, 1.165) is 32.9 Å². The van der Waals surface area contributed by atoms with Crippen molar-refractivity contribution in [3.63, 3.8) is 0 Å². The molecule has 0 saturated heterocycles. The summed E-state index contributed by atoms with van der Waals surface area (Å²) in [6.07, 6.45) is 0. The summed E-state index contributed by atoms with van der Waals surface area (Å²) in [6, 6.07) is 21.3. The van der Waals surface area contributed by atoms with Gasteiger partial charge >= 0.3 is 11.9 Å². The molecular weight excluding hydrogens is 880 g/mol. The Hall–Kier alpha value is -5.68. The molecule has 6 aromatic rings. The third kappa shape index (κ3) is 10.2. The number of nitrogens with one attached hydrogen (secondary N) is 2. The van der Waals surface area contributed by atoms with Crippen molar-refractivity contribution in [2.75, 3.05) is 24.7 Å². The SMILES string of the molecule is Cc1cc(Cl)c2cc(C(=O)N[C@H](C)c3ccc(S(=O)(=O)CC(=O)OCCOC(=O)CS(=O)(=O)c4ccc([C@@H](C)NC(=O)c5cc6c(Cl)cc(C)cc6n5C)cc4)cc3)n(C)c2c1. The maximum Gasteiger partial charge on any atom is 0.321 e. The normalized spacial score (nSPS) is 12.8. The molecule has 2 N–H and O–H groups in total. The fourth-order valence-corrected chi connectivity index (χ4v) is 9.85. The number of fused-ring (bicyclic) bond motifs is 2. The standard InChI is InChI=1S/C44H44Cl2N4O10S2/c1-25-17-35(45)33-21-39(49(5)37(33)19-25)43(53)47-27(3)29-7-11-31(12-8-29)61(55,56)23-41(51)59-15-16-60-42(52)24-62(57,58)32-13-9-30(10-14-32)28(4)48-44(54)40-22-34-36(46)18-26(2)20-38(34)50(40)6/h7-14,17-22,27-28H,15-16,23-24H2,1-6H3,(H,47,53)(H,48,54)/t27-,28-/m1/s1. The number of halogens is 2. The van der Waals surface area contributed by atoms with Crippen LogP contribution in [0.5, 0.6) is 0 Å². The number of aromatic nitrogens is 2. The van der Waals surface area contributed by atoms with Gasteiger partial charge in [-0.05, 0) is 111 Å².